The van der Waals surface area contributed by atoms with E-state index in [9.17, 15) is 9.59 Å². The molecule has 2 aromatic carbocycles. The third-order valence-electron chi connectivity index (χ3n) is 4.06. The van der Waals surface area contributed by atoms with E-state index in [1.807, 2.05) is 60.7 Å². The van der Waals surface area contributed by atoms with E-state index in [1.54, 1.807) is 0 Å². The SMILES string of the molecule is CCCCC1C(=O)N(c2ccccc2)N(c2ccccc2)C1=O.[Na+]. The van der Waals surface area contributed by atoms with E-state index < -0.39 is 5.92 Å². The van der Waals surface area contributed by atoms with Crippen molar-refractivity contribution in [1.29, 1.82) is 0 Å². The van der Waals surface area contributed by atoms with Gasteiger partial charge >= 0.3 is 29.6 Å². The number of hydrazine groups is 1. The number of nitrogens with zero attached hydrogens (tertiary/aromatic N) is 2. The molecule has 0 unspecified atom stereocenters. The third-order valence-corrected chi connectivity index (χ3v) is 4.06. The molecule has 0 aliphatic carbocycles. The Morgan fingerprint density at radius 2 is 1.21 bits per heavy atom. The fourth-order valence-electron chi connectivity index (χ4n) is 2.88. The van der Waals surface area contributed by atoms with Crippen LogP contribution in [0.15, 0.2) is 60.7 Å². The van der Waals surface area contributed by atoms with Gasteiger partial charge in [0.25, 0.3) is 11.8 Å². The van der Waals surface area contributed by atoms with Crippen molar-refractivity contribution in [2.45, 2.75) is 26.2 Å². The molecule has 118 valence electrons. The van der Waals surface area contributed by atoms with Crippen molar-refractivity contribution in [3.8, 4) is 0 Å². The monoisotopic (exact) mass is 331 g/mol. The first kappa shape index (κ1) is 18.7. The molecule has 0 radical (unpaired) electrons. The molecule has 2 amide bonds. The normalized spacial score (nSPS) is 14.9. The summed E-state index contributed by atoms with van der Waals surface area (Å²) in [5, 5.41) is 3.02. The average molecular weight is 331 g/mol. The van der Waals surface area contributed by atoms with E-state index in [2.05, 4.69) is 6.92 Å². The molecule has 0 bridgehead atoms. The molecule has 0 spiro atoms. The molecule has 0 N–H and O–H groups in total. The zero-order valence-electron chi connectivity index (χ0n) is 14.2. The maximum Gasteiger partial charge on any atom is 1.00 e. The molecule has 1 fully saturated rings. The second-order valence-corrected chi connectivity index (χ2v) is 5.67. The summed E-state index contributed by atoms with van der Waals surface area (Å²) < 4.78 is 0. The Balaban J connectivity index is 0.00000208. The van der Waals surface area contributed by atoms with Gasteiger partial charge in [-0.1, -0.05) is 56.2 Å². The molecule has 0 atom stereocenters. The number of carbonyl (C=O) groups excluding carboxylic acids is 2. The Hall–Kier alpha value is -1.62. The summed E-state index contributed by atoms with van der Waals surface area (Å²) in [6, 6.07) is 18.7. The Bertz CT molecular complexity index is 634. The van der Waals surface area contributed by atoms with Crippen LogP contribution in [-0.2, 0) is 9.59 Å². The van der Waals surface area contributed by atoms with E-state index in [0.717, 1.165) is 12.8 Å². The van der Waals surface area contributed by atoms with Gasteiger partial charge in [0.15, 0.2) is 0 Å². The van der Waals surface area contributed by atoms with Crippen LogP contribution >= 0.6 is 0 Å². The predicted molar refractivity (Wildman–Crippen MR) is 90.9 cm³/mol. The molecule has 1 saturated heterocycles. The van der Waals surface area contributed by atoms with Crippen LogP contribution in [0.2, 0.25) is 0 Å². The zero-order chi connectivity index (χ0) is 16.2. The van der Waals surface area contributed by atoms with Crippen LogP contribution in [0.4, 0.5) is 11.4 Å². The van der Waals surface area contributed by atoms with Gasteiger partial charge in [-0.2, -0.15) is 0 Å². The first-order valence-corrected chi connectivity index (χ1v) is 8.02. The number of anilines is 2. The van der Waals surface area contributed by atoms with Gasteiger partial charge in [-0.25, -0.2) is 10.0 Å². The number of carbonyl (C=O) groups is 2. The number of unbranched alkanes of at least 4 members (excludes halogenated alkanes) is 1. The van der Waals surface area contributed by atoms with Gasteiger partial charge in [0.05, 0.1) is 11.4 Å². The third kappa shape index (κ3) is 3.56. The molecule has 0 aromatic heterocycles. The molecule has 24 heavy (non-hydrogen) atoms. The molecular formula is C19H20N2NaO2+. The van der Waals surface area contributed by atoms with Crippen molar-refractivity contribution >= 4 is 23.2 Å². The first-order chi connectivity index (χ1) is 11.2. The number of hydrogen-bond acceptors (Lipinski definition) is 2. The van der Waals surface area contributed by atoms with Crippen molar-refractivity contribution in [3.63, 3.8) is 0 Å². The van der Waals surface area contributed by atoms with Crippen molar-refractivity contribution in [3.05, 3.63) is 60.7 Å². The quantitative estimate of drug-likeness (QED) is 0.600. The Labute approximate surface area is 164 Å². The fraction of sp³-hybridized carbons (Fsp3) is 0.263. The first-order valence-electron chi connectivity index (χ1n) is 8.02. The molecule has 2 aromatic rings. The summed E-state index contributed by atoms with van der Waals surface area (Å²) in [6.07, 6.45) is 2.43. The van der Waals surface area contributed by atoms with Crippen LogP contribution in [0.5, 0.6) is 0 Å². The van der Waals surface area contributed by atoms with E-state index in [0.29, 0.717) is 17.8 Å². The van der Waals surface area contributed by atoms with Crippen LogP contribution in [-0.4, -0.2) is 11.8 Å². The summed E-state index contributed by atoms with van der Waals surface area (Å²) in [5.41, 5.74) is 1.43. The van der Waals surface area contributed by atoms with Gasteiger partial charge in [0, 0.05) is 0 Å². The van der Waals surface area contributed by atoms with Crippen molar-refractivity contribution in [2.24, 2.45) is 5.92 Å². The van der Waals surface area contributed by atoms with Gasteiger partial charge in [0.2, 0.25) is 0 Å². The van der Waals surface area contributed by atoms with Gasteiger partial charge in [0.1, 0.15) is 5.92 Å². The largest absolute Gasteiger partial charge is 1.00 e. The number of hydrogen-bond donors (Lipinski definition) is 0. The van der Waals surface area contributed by atoms with E-state index >= 15 is 0 Å². The standard InChI is InChI=1S/C19H20N2O2.Na/c1-2-3-14-17-18(22)20(15-10-6-4-7-11-15)21(19(17)23)16-12-8-5-9-13-16;/h4-13,17H,2-3,14H2,1H3;/q;+1. The molecule has 0 saturated carbocycles. The maximum atomic E-state index is 12.9. The Kier molecular flexibility index (Phi) is 6.60. The molecule has 5 heteroatoms. The number of para-hydroxylation sites is 2. The molecule has 4 nitrogen and oxygen atoms in total. The van der Waals surface area contributed by atoms with E-state index in [4.69, 9.17) is 0 Å². The average Bonchev–Trinajstić information content (AvgIpc) is 2.85. The zero-order valence-corrected chi connectivity index (χ0v) is 16.2. The molecule has 3 rings (SSSR count). The van der Waals surface area contributed by atoms with E-state index in [-0.39, 0.29) is 41.4 Å². The van der Waals surface area contributed by atoms with Crippen molar-refractivity contribution in [2.75, 3.05) is 10.0 Å². The van der Waals surface area contributed by atoms with Crippen LogP contribution in [0, 0.1) is 5.92 Å². The van der Waals surface area contributed by atoms with E-state index in [1.165, 1.54) is 10.0 Å². The van der Waals surface area contributed by atoms with Gasteiger partial charge in [-0.05, 0) is 30.7 Å². The van der Waals surface area contributed by atoms with Crippen molar-refractivity contribution < 1.29 is 39.1 Å². The molecule has 1 aliphatic rings. The Morgan fingerprint density at radius 3 is 1.58 bits per heavy atom. The topological polar surface area (TPSA) is 40.6 Å². The fourth-order valence-corrected chi connectivity index (χ4v) is 2.88. The van der Waals surface area contributed by atoms with Gasteiger partial charge in [-0.3, -0.25) is 9.59 Å². The molecule has 1 aliphatic heterocycles. The summed E-state index contributed by atoms with van der Waals surface area (Å²) in [4.78, 5) is 25.7. The Morgan fingerprint density at radius 1 is 0.792 bits per heavy atom. The van der Waals surface area contributed by atoms with Crippen LogP contribution < -0.4 is 39.6 Å². The van der Waals surface area contributed by atoms with Gasteiger partial charge in [-0.15, -0.1) is 0 Å². The van der Waals surface area contributed by atoms with Gasteiger partial charge < -0.3 is 0 Å². The van der Waals surface area contributed by atoms with Crippen molar-refractivity contribution in [1.82, 2.24) is 0 Å². The number of rotatable bonds is 5. The minimum absolute atomic E-state index is 0. The molecular weight excluding hydrogens is 311 g/mol. The summed E-state index contributed by atoms with van der Waals surface area (Å²) in [5.74, 6) is -0.868. The predicted octanol–water partition coefficient (Wildman–Crippen LogP) is 0.792. The molecule has 1 heterocycles. The number of benzene rings is 2. The minimum atomic E-state index is -0.588. The number of amides is 2. The van der Waals surface area contributed by atoms with Crippen LogP contribution in [0.1, 0.15) is 26.2 Å². The summed E-state index contributed by atoms with van der Waals surface area (Å²) in [7, 11) is 0. The smallest absolute Gasteiger partial charge is 0.272 e. The summed E-state index contributed by atoms with van der Waals surface area (Å²) >= 11 is 0. The van der Waals surface area contributed by atoms with Crippen LogP contribution in [0.25, 0.3) is 0 Å². The summed E-state index contributed by atoms with van der Waals surface area (Å²) in [6.45, 7) is 2.06. The maximum absolute atomic E-state index is 12.9. The van der Waals surface area contributed by atoms with Crippen LogP contribution in [0.3, 0.4) is 0 Å². The second kappa shape index (κ2) is 8.47. The minimum Gasteiger partial charge on any atom is -0.272 e. The second-order valence-electron chi connectivity index (χ2n) is 5.67.